The van der Waals surface area contributed by atoms with Crippen LogP contribution in [0.5, 0.6) is 0 Å². The van der Waals surface area contributed by atoms with E-state index >= 15 is 0 Å². The number of aromatic nitrogens is 2. The summed E-state index contributed by atoms with van der Waals surface area (Å²) in [6, 6.07) is 47.8. The molecule has 1 aliphatic rings. The van der Waals surface area contributed by atoms with E-state index in [9.17, 15) is 0 Å². The highest BCUT2D eigenvalue weighted by molar-refractivity contribution is 7.18. The molecule has 8 rings (SSSR count). The van der Waals surface area contributed by atoms with E-state index in [1.807, 2.05) is 11.3 Å². The molecule has 3 heterocycles. The Morgan fingerprint density at radius 3 is 1.93 bits per heavy atom. The minimum absolute atomic E-state index is 0.999. The predicted octanol–water partition coefficient (Wildman–Crippen LogP) is 10.2. The molecule has 40 heavy (non-hydrogen) atoms. The van der Waals surface area contributed by atoms with Crippen molar-refractivity contribution in [2.45, 2.75) is 6.92 Å². The van der Waals surface area contributed by atoms with Gasteiger partial charge >= 0.3 is 0 Å². The molecule has 0 fully saturated rings. The Kier molecular flexibility index (Phi) is 5.22. The van der Waals surface area contributed by atoms with E-state index in [4.69, 9.17) is 4.98 Å². The topological polar surface area (TPSA) is 21.1 Å². The fourth-order valence-corrected chi connectivity index (χ4v) is 6.85. The molecular weight excluding hydrogens is 506 g/mol. The largest absolute Gasteiger partial charge is 0.306 e. The SMILES string of the molecule is Cc1nc2cccc3c2n1-c1ccc(-c2ccc(-c4ccc(-c5ccccc5)s4)cc2)cc1N3c1ccccc1. The lowest BCUT2D eigenvalue weighted by molar-refractivity contribution is 0.982. The van der Waals surface area contributed by atoms with Crippen LogP contribution in [0.1, 0.15) is 5.82 Å². The second kappa shape index (κ2) is 9.08. The van der Waals surface area contributed by atoms with Crippen molar-refractivity contribution in [3.8, 4) is 37.7 Å². The first kappa shape index (κ1) is 23.0. The third kappa shape index (κ3) is 3.61. The normalized spacial score (nSPS) is 12.1. The van der Waals surface area contributed by atoms with Gasteiger partial charge in [0, 0.05) is 15.4 Å². The molecule has 0 atom stereocenters. The highest BCUT2D eigenvalue weighted by atomic mass is 32.1. The van der Waals surface area contributed by atoms with Crippen molar-refractivity contribution >= 4 is 39.4 Å². The van der Waals surface area contributed by atoms with Crippen LogP contribution in [0, 0.1) is 6.92 Å². The van der Waals surface area contributed by atoms with E-state index in [0.29, 0.717) is 0 Å². The number of thiophene rings is 1. The first-order chi connectivity index (χ1) is 19.7. The molecule has 0 saturated heterocycles. The number of nitrogens with zero attached hydrogens (tertiary/aromatic N) is 3. The van der Waals surface area contributed by atoms with Crippen LogP contribution >= 0.6 is 11.3 Å². The smallest absolute Gasteiger partial charge is 0.111 e. The maximum absolute atomic E-state index is 4.89. The zero-order valence-corrected chi connectivity index (χ0v) is 22.8. The first-order valence-corrected chi connectivity index (χ1v) is 14.3. The lowest BCUT2D eigenvalue weighted by atomic mass is 10.00. The summed E-state index contributed by atoms with van der Waals surface area (Å²) in [5.41, 5.74) is 11.7. The molecule has 0 spiro atoms. The summed E-state index contributed by atoms with van der Waals surface area (Å²) in [5.74, 6) is 0.999. The van der Waals surface area contributed by atoms with Crippen LogP contribution < -0.4 is 4.90 Å². The molecule has 0 aliphatic carbocycles. The van der Waals surface area contributed by atoms with Gasteiger partial charge in [-0.25, -0.2) is 4.98 Å². The number of para-hydroxylation sites is 2. The molecule has 0 amide bonds. The van der Waals surface area contributed by atoms with E-state index in [0.717, 1.165) is 39.6 Å². The molecule has 0 bridgehead atoms. The molecule has 1 aliphatic heterocycles. The van der Waals surface area contributed by atoms with Crippen LogP contribution in [-0.2, 0) is 0 Å². The summed E-state index contributed by atoms with van der Waals surface area (Å²) in [6.07, 6.45) is 0. The average Bonchev–Trinajstić information content (AvgIpc) is 3.64. The van der Waals surface area contributed by atoms with Crippen LogP contribution in [0.4, 0.5) is 17.1 Å². The van der Waals surface area contributed by atoms with Gasteiger partial charge in [0.1, 0.15) is 5.82 Å². The molecule has 190 valence electrons. The van der Waals surface area contributed by atoms with Crippen LogP contribution in [0.15, 0.2) is 133 Å². The number of benzene rings is 5. The van der Waals surface area contributed by atoms with Crippen molar-refractivity contribution in [2.75, 3.05) is 4.90 Å². The summed E-state index contributed by atoms with van der Waals surface area (Å²) >= 11 is 1.84. The Bertz CT molecular complexity index is 2000. The van der Waals surface area contributed by atoms with Gasteiger partial charge in [0.05, 0.1) is 28.1 Å². The summed E-state index contributed by atoms with van der Waals surface area (Å²) in [4.78, 5) is 9.83. The maximum Gasteiger partial charge on any atom is 0.111 e. The number of aryl methyl sites for hydroxylation is 1. The van der Waals surface area contributed by atoms with Gasteiger partial charge in [-0.2, -0.15) is 0 Å². The molecule has 7 aromatic rings. The van der Waals surface area contributed by atoms with Crippen molar-refractivity contribution in [3.63, 3.8) is 0 Å². The van der Waals surface area contributed by atoms with E-state index in [2.05, 4.69) is 150 Å². The fraction of sp³-hybridized carbons (Fsp3) is 0.0278. The lowest BCUT2D eigenvalue weighted by Gasteiger charge is -2.33. The van der Waals surface area contributed by atoms with Crippen molar-refractivity contribution in [3.05, 3.63) is 139 Å². The Balaban J connectivity index is 1.21. The number of fused-ring (bicyclic) bond motifs is 2. The van der Waals surface area contributed by atoms with Crippen LogP contribution in [0.3, 0.4) is 0 Å². The Hall–Kier alpha value is -4.93. The second-order valence-corrected chi connectivity index (χ2v) is 11.2. The van der Waals surface area contributed by atoms with Crippen molar-refractivity contribution in [2.24, 2.45) is 0 Å². The van der Waals surface area contributed by atoms with Gasteiger partial charge in [0.25, 0.3) is 0 Å². The maximum atomic E-state index is 4.89. The van der Waals surface area contributed by atoms with Gasteiger partial charge in [0.15, 0.2) is 0 Å². The Morgan fingerprint density at radius 2 is 1.18 bits per heavy atom. The summed E-state index contributed by atoms with van der Waals surface area (Å²) in [5, 5.41) is 0. The Labute approximate surface area is 237 Å². The molecule has 4 heteroatoms. The molecule has 5 aromatic carbocycles. The van der Waals surface area contributed by atoms with E-state index in [1.54, 1.807) is 0 Å². The molecule has 0 N–H and O–H groups in total. The van der Waals surface area contributed by atoms with Crippen molar-refractivity contribution < 1.29 is 0 Å². The monoisotopic (exact) mass is 531 g/mol. The minimum Gasteiger partial charge on any atom is -0.306 e. The summed E-state index contributed by atoms with van der Waals surface area (Å²) in [7, 11) is 0. The van der Waals surface area contributed by atoms with Gasteiger partial charge in [-0.15, -0.1) is 11.3 Å². The average molecular weight is 532 g/mol. The van der Waals surface area contributed by atoms with Gasteiger partial charge < -0.3 is 4.90 Å². The minimum atomic E-state index is 0.999. The molecule has 0 saturated carbocycles. The second-order valence-electron chi connectivity index (χ2n) is 10.1. The summed E-state index contributed by atoms with van der Waals surface area (Å²) in [6.45, 7) is 2.09. The number of imidazole rings is 1. The van der Waals surface area contributed by atoms with Crippen molar-refractivity contribution in [1.82, 2.24) is 9.55 Å². The molecule has 0 radical (unpaired) electrons. The number of anilines is 3. The highest BCUT2D eigenvalue weighted by Gasteiger charge is 2.28. The van der Waals surface area contributed by atoms with Crippen LogP contribution in [-0.4, -0.2) is 9.55 Å². The van der Waals surface area contributed by atoms with Gasteiger partial charge in [-0.1, -0.05) is 84.9 Å². The third-order valence-electron chi connectivity index (χ3n) is 7.70. The molecular formula is C36H25N3S. The van der Waals surface area contributed by atoms with Gasteiger partial charge in [-0.3, -0.25) is 4.57 Å². The Morgan fingerprint density at radius 1 is 0.525 bits per heavy atom. The number of hydrogen-bond acceptors (Lipinski definition) is 3. The quantitative estimate of drug-likeness (QED) is 0.225. The van der Waals surface area contributed by atoms with Gasteiger partial charge in [0.2, 0.25) is 0 Å². The molecule has 3 nitrogen and oxygen atoms in total. The van der Waals surface area contributed by atoms with Crippen molar-refractivity contribution in [1.29, 1.82) is 0 Å². The van der Waals surface area contributed by atoms with Crippen LogP contribution in [0.25, 0.3) is 48.7 Å². The molecule has 0 unspecified atom stereocenters. The standard InChI is InChI=1S/C36H25N3S/c1-24-37-30-13-8-14-32-36(30)38(24)31-20-19-28(23-33(31)39(32)29-11-6-3-7-12-29)25-15-17-27(18-16-25)35-22-21-34(40-35)26-9-4-2-5-10-26/h2-23H,1H3. The van der Waals surface area contributed by atoms with E-state index < -0.39 is 0 Å². The van der Waals surface area contributed by atoms with E-state index in [-0.39, 0.29) is 0 Å². The fourth-order valence-electron chi connectivity index (χ4n) is 5.83. The van der Waals surface area contributed by atoms with E-state index in [1.165, 1.54) is 32.0 Å². The number of hydrogen-bond donors (Lipinski definition) is 0. The predicted molar refractivity (Wildman–Crippen MR) is 168 cm³/mol. The summed E-state index contributed by atoms with van der Waals surface area (Å²) < 4.78 is 2.30. The molecule has 2 aromatic heterocycles. The van der Waals surface area contributed by atoms with Crippen LogP contribution in [0.2, 0.25) is 0 Å². The zero-order chi connectivity index (χ0) is 26.6. The third-order valence-corrected chi connectivity index (χ3v) is 8.89. The highest BCUT2D eigenvalue weighted by Crippen LogP contribution is 2.48. The van der Waals surface area contributed by atoms with Gasteiger partial charge in [-0.05, 0) is 77.7 Å². The zero-order valence-electron chi connectivity index (χ0n) is 22.0. The number of rotatable bonds is 4. The lowest BCUT2D eigenvalue weighted by Crippen LogP contribution is -2.18. The first-order valence-electron chi connectivity index (χ1n) is 13.5.